The predicted molar refractivity (Wildman–Crippen MR) is 68.1 cm³/mol. The standard InChI is InChI=1S/C10H25N3O2S/c1-5-11-7-6-8-16(14,15)12-10(2)9-13(3)4/h10-12H,5-9H2,1-4H3. The minimum atomic E-state index is -3.12. The highest BCUT2D eigenvalue weighted by molar-refractivity contribution is 7.89. The highest BCUT2D eigenvalue weighted by Crippen LogP contribution is 1.93. The third kappa shape index (κ3) is 9.08. The van der Waals surface area contributed by atoms with Gasteiger partial charge in [-0.1, -0.05) is 6.92 Å². The van der Waals surface area contributed by atoms with Crippen LogP contribution >= 0.6 is 0 Å². The van der Waals surface area contributed by atoms with Gasteiger partial charge in [0.15, 0.2) is 0 Å². The highest BCUT2D eigenvalue weighted by atomic mass is 32.2. The zero-order valence-corrected chi connectivity index (χ0v) is 11.6. The molecule has 0 rings (SSSR count). The van der Waals surface area contributed by atoms with E-state index in [1.165, 1.54) is 0 Å². The summed E-state index contributed by atoms with van der Waals surface area (Å²) in [6.07, 6.45) is 0.651. The van der Waals surface area contributed by atoms with Crippen LogP contribution in [0, 0.1) is 0 Å². The Balaban J connectivity index is 3.86. The first kappa shape index (κ1) is 15.8. The lowest BCUT2D eigenvalue weighted by atomic mass is 10.3. The van der Waals surface area contributed by atoms with Gasteiger partial charge in [-0.2, -0.15) is 0 Å². The number of rotatable bonds is 9. The summed E-state index contributed by atoms with van der Waals surface area (Å²) in [4.78, 5) is 1.96. The van der Waals surface area contributed by atoms with Gasteiger partial charge in [-0.05, 0) is 40.5 Å². The first-order valence-corrected chi connectivity index (χ1v) is 7.38. The van der Waals surface area contributed by atoms with Crippen LogP contribution in [0.5, 0.6) is 0 Å². The van der Waals surface area contributed by atoms with E-state index >= 15 is 0 Å². The Labute approximate surface area is 99.6 Å². The summed E-state index contributed by atoms with van der Waals surface area (Å²) in [7, 11) is 0.730. The molecule has 1 atom stereocenters. The molecule has 16 heavy (non-hydrogen) atoms. The van der Waals surface area contributed by atoms with Crippen LogP contribution in [0.3, 0.4) is 0 Å². The van der Waals surface area contributed by atoms with Gasteiger partial charge in [0.05, 0.1) is 5.75 Å². The van der Waals surface area contributed by atoms with Crippen molar-refractivity contribution in [3.63, 3.8) is 0 Å². The van der Waals surface area contributed by atoms with Crippen LogP contribution in [-0.2, 0) is 10.0 Å². The summed E-state index contributed by atoms with van der Waals surface area (Å²) >= 11 is 0. The van der Waals surface area contributed by atoms with Crippen LogP contribution in [0.15, 0.2) is 0 Å². The fraction of sp³-hybridized carbons (Fsp3) is 1.00. The van der Waals surface area contributed by atoms with Crippen molar-refractivity contribution in [2.24, 2.45) is 0 Å². The topological polar surface area (TPSA) is 61.4 Å². The van der Waals surface area contributed by atoms with Gasteiger partial charge in [0, 0.05) is 12.6 Å². The minimum absolute atomic E-state index is 0.0425. The van der Waals surface area contributed by atoms with E-state index in [2.05, 4.69) is 10.0 Å². The SMILES string of the molecule is CCNCCCS(=O)(=O)NC(C)CN(C)C. The van der Waals surface area contributed by atoms with E-state index < -0.39 is 10.0 Å². The molecule has 0 saturated carbocycles. The van der Waals surface area contributed by atoms with Crippen molar-refractivity contribution >= 4 is 10.0 Å². The number of nitrogens with zero attached hydrogens (tertiary/aromatic N) is 1. The number of likely N-dealkylation sites (N-methyl/N-ethyl adjacent to an activating group) is 1. The van der Waals surface area contributed by atoms with E-state index in [9.17, 15) is 8.42 Å². The Kier molecular flexibility index (Phi) is 7.91. The van der Waals surface area contributed by atoms with Crippen molar-refractivity contribution in [1.29, 1.82) is 0 Å². The lowest BCUT2D eigenvalue weighted by molar-refractivity contribution is 0.370. The van der Waals surface area contributed by atoms with E-state index in [0.717, 1.165) is 13.1 Å². The van der Waals surface area contributed by atoms with Gasteiger partial charge in [0.2, 0.25) is 10.0 Å². The third-order valence-electron chi connectivity index (χ3n) is 2.04. The van der Waals surface area contributed by atoms with Crippen LogP contribution in [0.4, 0.5) is 0 Å². The van der Waals surface area contributed by atoms with Crippen LogP contribution in [0.25, 0.3) is 0 Å². The Morgan fingerprint density at radius 2 is 1.94 bits per heavy atom. The highest BCUT2D eigenvalue weighted by Gasteiger charge is 2.14. The van der Waals surface area contributed by atoms with E-state index in [1.807, 2.05) is 32.8 Å². The zero-order valence-electron chi connectivity index (χ0n) is 10.8. The molecule has 2 N–H and O–H groups in total. The molecule has 0 spiro atoms. The van der Waals surface area contributed by atoms with Gasteiger partial charge in [-0.15, -0.1) is 0 Å². The molecule has 1 unspecified atom stereocenters. The molecule has 0 aliphatic heterocycles. The maximum absolute atomic E-state index is 11.6. The summed E-state index contributed by atoms with van der Waals surface area (Å²) < 4.78 is 25.9. The second-order valence-corrected chi connectivity index (χ2v) is 6.18. The van der Waals surface area contributed by atoms with Crippen molar-refractivity contribution in [3.05, 3.63) is 0 Å². The summed E-state index contributed by atoms with van der Waals surface area (Å²) in [5.41, 5.74) is 0. The molecule has 0 bridgehead atoms. The number of hydrogen-bond acceptors (Lipinski definition) is 4. The van der Waals surface area contributed by atoms with E-state index in [1.54, 1.807) is 0 Å². The Hall–Kier alpha value is -0.170. The van der Waals surface area contributed by atoms with Crippen LogP contribution in [0.1, 0.15) is 20.3 Å². The Bertz CT molecular complexity index is 265. The summed E-state index contributed by atoms with van der Waals surface area (Å²) in [6, 6.07) is -0.0425. The average molecular weight is 251 g/mol. The monoisotopic (exact) mass is 251 g/mol. The second kappa shape index (κ2) is 8.00. The first-order valence-electron chi connectivity index (χ1n) is 5.73. The predicted octanol–water partition coefficient (Wildman–Crippen LogP) is -0.144. The maximum atomic E-state index is 11.6. The number of nitrogens with one attached hydrogen (secondary N) is 2. The molecule has 0 aromatic heterocycles. The van der Waals surface area contributed by atoms with Gasteiger partial charge >= 0.3 is 0 Å². The lowest BCUT2D eigenvalue weighted by Crippen LogP contribution is -2.40. The fourth-order valence-electron chi connectivity index (χ4n) is 1.51. The molecule has 0 fully saturated rings. The molecular weight excluding hydrogens is 226 g/mol. The molecular formula is C10H25N3O2S. The average Bonchev–Trinajstić information content (AvgIpc) is 2.10. The molecule has 0 saturated heterocycles. The summed E-state index contributed by atoms with van der Waals surface area (Å²) in [5, 5.41) is 3.11. The molecule has 0 heterocycles. The van der Waals surface area contributed by atoms with E-state index in [0.29, 0.717) is 13.0 Å². The Morgan fingerprint density at radius 3 is 2.44 bits per heavy atom. The quantitative estimate of drug-likeness (QED) is 0.560. The lowest BCUT2D eigenvalue weighted by Gasteiger charge is -2.18. The first-order chi connectivity index (χ1) is 7.37. The number of hydrogen-bond donors (Lipinski definition) is 2. The maximum Gasteiger partial charge on any atom is 0.211 e. The molecule has 5 nitrogen and oxygen atoms in total. The van der Waals surface area contributed by atoms with Gasteiger partial charge in [-0.3, -0.25) is 0 Å². The van der Waals surface area contributed by atoms with Crippen LogP contribution in [0.2, 0.25) is 0 Å². The van der Waals surface area contributed by atoms with Crippen LogP contribution < -0.4 is 10.0 Å². The Morgan fingerprint density at radius 1 is 1.31 bits per heavy atom. The molecule has 6 heteroatoms. The molecule has 0 aromatic rings. The molecule has 0 radical (unpaired) electrons. The van der Waals surface area contributed by atoms with Crippen molar-refractivity contribution in [2.75, 3.05) is 39.5 Å². The molecule has 0 aliphatic rings. The van der Waals surface area contributed by atoms with Crippen molar-refractivity contribution in [1.82, 2.24) is 14.9 Å². The molecule has 0 aromatic carbocycles. The fourth-order valence-corrected chi connectivity index (χ4v) is 2.84. The molecule has 98 valence electrons. The molecule has 0 amide bonds. The van der Waals surface area contributed by atoms with Gasteiger partial charge in [-0.25, -0.2) is 13.1 Å². The van der Waals surface area contributed by atoms with E-state index in [4.69, 9.17) is 0 Å². The van der Waals surface area contributed by atoms with Crippen molar-refractivity contribution in [3.8, 4) is 0 Å². The van der Waals surface area contributed by atoms with Gasteiger partial charge in [0.1, 0.15) is 0 Å². The minimum Gasteiger partial charge on any atom is -0.317 e. The smallest absolute Gasteiger partial charge is 0.211 e. The zero-order chi connectivity index (χ0) is 12.6. The normalized spacial score (nSPS) is 14.3. The second-order valence-electron chi connectivity index (χ2n) is 4.31. The summed E-state index contributed by atoms with van der Waals surface area (Å²) in [5.74, 6) is 0.192. The van der Waals surface area contributed by atoms with Crippen molar-refractivity contribution < 1.29 is 8.42 Å². The van der Waals surface area contributed by atoms with E-state index in [-0.39, 0.29) is 11.8 Å². The largest absolute Gasteiger partial charge is 0.317 e. The van der Waals surface area contributed by atoms with Gasteiger partial charge in [0.25, 0.3) is 0 Å². The van der Waals surface area contributed by atoms with Crippen LogP contribution in [-0.4, -0.2) is 58.8 Å². The summed E-state index contributed by atoms with van der Waals surface area (Å²) in [6.45, 7) is 6.23. The third-order valence-corrected chi connectivity index (χ3v) is 3.62. The molecule has 0 aliphatic carbocycles. The van der Waals surface area contributed by atoms with Gasteiger partial charge < -0.3 is 10.2 Å². The number of sulfonamides is 1. The van der Waals surface area contributed by atoms with Crippen molar-refractivity contribution in [2.45, 2.75) is 26.3 Å².